The molecule has 0 aromatic heterocycles. The monoisotopic (exact) mass is 817 g/mol. The van der Waals surface area contributed by atoms with Gasteiger partial charge >= 0.3 is 11.9 Å². The number of carbonyl (C=O) groups excluding carboxylic acids is 6. The number of rotatable bonds is 8. The second-order valence-corrected chi connectivity index (χ2v) is 12.6. The number of ether oxygens (including phenoxy) is 4. The summed E-state index contributed by atoms with van der Waals surface area (Å²) in [4.78, 5) is 70.3. The van der Waals surface area contributed by atoms with Crippen LogP contribution in [0.15, 0.2) is 0 Å². The number of cyclic esters (lactones) is 2. The van der Waals surface area contributed by atoms with Gasteiger partial charge in [-0.3, -0.25) is 28.8 Å². The first-order valence-corrected chi connectivity index (χ1v) is 16.2. The second kappa shape index (κ2) is 19.7. The van der Waals surface area contributed by atoms with Crippen molar-refractivity contribution in [3.63, 3.8) is 0 Å². The Morgan fingerprint density at radius 2 is 1.02 bits per heavy atom. The average molecular weight is 818 g/mol. The number of esters is 2. The van der Waals surface area contributed by atoms with Gasteiger partial charge < -0.3 is 30.4 Å². The van der Waals surface area contributed by atoms with E-state index in [0.29, 0.717) is 12.8 Å². The van der Waals surface area contributed by atoms with E-state index < -0.39 is 36.0 Å². The van der Waals surface area contributed by atoms with Crippen molar-refractivity contribution in [1.29, 1.82) is 0 Å². The van der Waals surface area contributed by atoms with E-state index in [1.165, 1.54) is 12.8 Å². The Morgan fingerprint density at radius 3 is 1.31 bits per heavy atom. The van der Waals surface area contributed by atoms with Gasteiger partial charge in [-0.1, -0.05) is 12.8 Å². The Balaban J connectivity index is 0.000000249. The van der Waals surface area contributed by atoms with E-state index in [9.17, 15) is 28.8 Å². The van der Waals surface area contributed by atoms with Gasteiger partial charge in [0.1, 0.15) is 12.2 Å². The summed E-state index contributed by atoms with van der Waals surface area (Å²) in [6.45, 7) is 4.78. The van der Waals surface area contributed by atoms with Crippen LogP contribution < -0.4 is 11.5 Å². The molecular formula is C32H50N2O10Pt. The summed E-state index contributed by atoms with van der Waals surface area (Å²) in [7, 11) is 0. The van der Waals surface area contributed by atoms with E-state index in [1.807, 2.05) is 0 Å². The SMILES string of the molecule is CC1CC(=O)C(C(=O)CCC2CCCO2)C(=O)O1.CC1CC(=O)C(C(=O)CCC2CCCO2)C(=O)O1.N[C@@H]1CCCC[C@H]1N.[Pt]. The van der Waals surface area contributed by atoms with Gasteiger partial charge in [-0.2, -0.15) is 0 Å². The zero-order valence-corrected chi connectivity index (χ0v) is 28.8. The summed E-state index contributed by atoms with van der Waals surface area (Å²) in [6.07, 6.45) is 9.99. The van der Waals surface area contributed by atoms with Crippen molar-refractivity contribution < 1.29 is 68.8 Å². The number of ketones is 4. The first-order valence-electron chi connectivity index (χ1n) is 16.2. The van der Waals surface area contributed by atoms with Crippen molar-refractivity contribution in [2.75, 3.05) is 13.2 Å². The molecule has 12 nitrogen and oxygen atoms in total. The third kappa shape index (κ3) is 12.7. The molecule has 4 saturated heterocycles. The standard InChI is InChI=1S/2C13H18O5.C6H14N2.Pt/c2*1-8-7-11(15)12(13(16)18-8)10(14)5-4-9-3-2-6-17-9;7-5-3-1-2-4-6(5)8;/h2*8-9,12H,2-7H2,1H3;5-6H,1-4,7-8H2;/t;;5-,6-;/m..1./s1. The fraction of sp³-hybridized carbons (Fsp3) is 0.812. The Bertz CT molecular complexity index is 911. The fourth-order valence-electron chi connectivity index (χ4n) is 6.13. The van der Waals surface area contributed by atoms with E-state index in [0.717, 1.165) is 51.7 Å². The molecule has 4 heterocycles. The maximum absolute atomic E-state index is 11.9. The van der Waals surface area contributed by atoms with Crippen LogP contribution in [0.5, 0.6) is 0 Å². The van der Waals surface area contributed by atoms with Crippen LogP contribution in [0.1, 0.15) is 104 Å². The first-order chi connectivity index (χ1) is 21.0. The largest absolute Gasteiger partial charge is 0.461 e. The Kier molecular flexibility index (Phi) is 17.2. The van der Waals surface area contributed by atoms with Crippen molar-refractivity contribution in [2.24, 2.45) is 23.3 Å². The molecule has 0 bridgehead atoms. The van der Waals surface area contributed by atoms with Crippen LogP contribution in [0.25, 0.3) is 0 Å². The van der Waals surface area contributed by atoms with Crippen LogP contribution in [-0.2, 0) is 68.8 Å². The molecule has 4 N–H and O–H groups in total. The molecule has 1 aliphatic carbocycles. The molecular weight excluding hydrogens is 767 g/mol. The molecule has 5 rings (SSSR count). The number of hydrogen-bond acceptors (Lipinski definition) is 12. The summed E-state index contributed by atoms with van der Waals surface area (Å²) in [6, 6.07) is 0.562. The number of carbonyl (C=O) groups is 6. The minimum Gasteiger partial charge on any atom is -0.461 e. The molecule has 258 valence electrons. The summed E-state index contributed by atoms with van der Waals surface area (Å²) in [5, 5.41) is 0. The molecule has 0 spiro atoms. The maximum Gasteiger partial charge on any atom is 0.324 e. The van der Waals surface area contributed by atoms with Gasteiger partial charge in [-0.25, -0.2) is 0 Å². The zero-order valence-electron chi connectivity index (χ0n) is 26.5. The summed E-state index contributed by atoms with van der Waals surface area (Å²) >= 11 is 0. The fourth-order valence-corrected chi connectivity index (χ4v) is 6.13. The topological polar surface area (TPSA) is 191 Å². The van der Waals surface area contributed by atoms with Crippen LogP contribution in [0.3, 0.4) is 0 Å². The van der Waals surface area contributed by atoms with Crippen LogP contribution >= 0.6 is 0 Å². The normalized spacial score (nSPS) is 33.0. The predicted octanol–water partition coefficient (Wildman–Crippen LogP) is 2.28. The minimum absolute atomic E-state index is 0. The third-order valence-corrected chi connectivity index (χ3v) is 8.72. The minimum atomic E-state index is -1.19. The van der Waals surface area contributed by atoms with Crippen LogP contribution in [0.2, 0.25) is 0 Å². The van der Waals surface area contributed by atoms with E-state index in [-0.39, 0.29) is 94.2 Å². The number of Topliss-reactive ketones (excluding diaryl/α,β-unsaturated/α-hetero) is 4. The molecule has 6 unspecified atom stereocenters. The summed E-state index contributed by atoms with van der Waals surface area (Å²) in [5.41, 5.74) is 11.3. The van der Waals surface area contributed by atoms with Gasteiger partial charge in [0, 0.05) is 72.0 Å². The van der Waals surface area contributed by atoms with Crippen molar-refractivity contribution >= 4 is 35.1 Å². The van der Waals surface area contributed by atoms with Gasteiger partial charge in [0.15, 0.2) is 35.0 Å². The Labute approximate surface area is 280 Å². The van der Waals surface area contributed by atoms with Gasteiger partial charge in [-0.15, -0.1) is 0 Å². The van der Waals surface area contributed by atoms with Gasteiger partial charge in [0.2, 0.25) is 0 Å². The molecule has 0 amide bonds. The van der Waals surface area contributed by atoms with E-state index >= 15 is 0 Å². The molecule has 0 aromatic rings. The average Bonchev–Trinajstić information content (AvgIpc) is 3.67. The molecule has 0 aromatic carbocycles. The molecule has 8 atom stereocenters. The smallest absolute Gasteiger partial charge is 0.324 e. The molecule has 5 aliphatic rings. The second-order valence-electron chi connectivity index (χ2n) is 12.6. The number of nitrogens with two attached hydrogens (primary N) is 2. The van der Waals surface area contributed by atoms with Crippen LogP contribution in [-0.4, -0.2) is 84.8 Å². The molecule has 5 fully saturated rings. The molecule has 1 saturated carbocycles. The van der Waals surface area contributed by atoms with Crippen LogP contribution in [0, 0.1) is 11.8 Å². The van der Waals surface area contributed by atoms with E-state index in [1.54, 1.807) is 13.8 Å². The van der Waals surface area contributed by atoms with Crippen molar-refractivity contribution in [3.8, 4) is 0 Å². The quantitative estimate of drug-likeness (QED) is 0.269. The van der Waals surface area contributed by atoms with Crippen molar-refractivity contribution in [3.05, 3.63) is 0 Å². The first kappa shape index (κ1) is 39.3. The molecule has 13 heteroatoms. The summed E-state index contributed by atoms with van der Waals surface area (Å²) < 4.78 is 20.7. The molecule has 0 radical (unpaired) electrons. The number of hydrogen-bond donors (Lipinski definition) is 2. The Hall–Kier alpha value is -1.85. The van der Waals surface area contributed by atoms with E-state index in [2.05, 4.69) is 0 Å². The van der Waals surface area contributed by atoms with Gasteiger partial charge in [-0.05, 0) is 65.2 Å². The Morgan fingerprint density at radius 1 is 0.644 bits per heavy atom. The van der Waals surface area contributed by atoms with Gasteiger partial charge in [0.25, 0.3) is 0 Å². The van der Waals surface area contributed by atoms with Gasteiger partial charge in [0.05, 0.1) is 12.2 Å². The van der Waals surface area contributed by atoms with Crippen LogP contribution in [0.4, 0.5) is 0 Å². The van der Waals surface area contributed by atoms with Crippen molar-refractivity contribution in [1.82, 2.24) is 0 Å². The summed E-state index contributed by atoms with van der Waals surface area (Å²) in [5.74, 6) is -5.02. The van der Waals surface area contributed by atoms with Crippen molar-refractivity contribution in [2.45, 2.75) is 140 Å². The van der Waals surface area contributed by atoms with E-state index in [4.69, 9.17) is 30.4 Å². The zero-order chi connectivity index (χ0) is 32.2. The third-order valence-electron chi connectivity index (χ3n) is 8.72. The molecule has 45 heavy (non-hydrogen) atoms. The molecule has 4 aliphatic heterocycles. The predicted molar refractivity (Wildman–Crippen MR) is 158 cm³/mol. The maximum atomic E-state index is 11.9.